The fraction of sp³-hybridized carbons (Fsp3) is 1.00. The molecule has 2 saturated heterocycles. The second kappa shape index (κ2) is 5.42. The van der Waals surface area contributed by atoms with Crippen LogP contribution in [-0.4, -0.2) is 68.0 Å². The average molecular weight is 231 g/mol. The number of rotatable bonds is 4. The van der Waals surface area contributed by atoms with Gasteiger partial charge in [0.15, 0.2) is 5.79 Å². The lowest BCUT2D eigenvalue weighted by molar-refractivity contribution is -0.165. The van der Waals surface area contributed by atoms with E-state index in [1.54, 1.807) is 0 Å². The predicted molar refractivity (Wildman–Crippen MR) is 58.2 cm³/mol. The first kappa shape index (κ1) is 12.3. The Balaban J connectivity index is 1.72. The molecule has 0 saturated carbocycles. The lowest BCUT2D eigenvalue weighted by Crippen LogP contribution is -2.40. The van der Waals surface area contributed by atoms with Crippen molar-refractivity contribution in [2.24, 2.45) is 0 Å². The fourth-order valence-corrected chi connectivity index (χ4v) is 2.10. The highest BCUT2D eigenvalue weighted by Gasteiger charge is 2.36. The highest BCUT2D eigenvalue weighted by molar-refractivity contribution is 4.76. The first-order chi connectivity index (χ1) is 7.72. The van der Waals surface area contributed by atoms with E-state index in [1.165, 1.54) is 0 Å². The molecular formula is C11H21NO4. The van der Waals surface area contributed by atoms with Gasteiger partial charge in [-0.15, -0.1) is 0 Å². The molecule has 0 spiro atoms. The molecule has 0 radical (unpaired) electrons. The van der Waals surface area contributed by atoms with Crippen molar-refractivity contribution >= 4 is 0 Å². The Morgan fingerprint density at radius 3 is 2.75 bits per heavy atom. The topological polar surface area (TPSA) is 51.2 Å². The minimum atomic E-state index is -0.522. The van der Waals surface area contributed by atoms with Gasteiger partial charge in [-0.05, 0) is 6.92 Å². The number of nitrogens with zero attached hydrogens (tertiary/aromatic N) is 1. The largest absolute Gasteiger partial charge is 0.394 e. The molecule has 2 heterocycles. The molecule has 2 rings (SSSR count). The molecule has 2 aliphatic heterocycles. The smallest absolute Gasteiger partial charge is 0.167 e. The number of morpholine rings is 1. The zero-order chi connectivity index (χ0) is 11.4. The van der Waals surface area contributed by atoms with Crippen molar-refractivity contribution in [1.82, 2.24) is 4.90 Å². The van der Waals surface area contributed by atoms with Gasteiger partial charge in [-0.2, -0.15) is 0 Å². The van der Waals surface area contributed by atoms with Gasteiger partial charge in [-0.25, -0.2) is 0 Å². The molecule has 94 valence electrons. The van der Waals surface area contributed by atoms with E-state index >= 15 is 0 Å². The number of aliphatic hydroxyl groups excluding tert-OH is 1. The van der Waals surface area contributed by atoms with E-state index in [0.717, 1.165) is 39.3 Å². The molecule has 0 aromatic carbocycles. The van der Waals surface area contributed by atoms with Crippen LogP contribution >= 0.6 is 0 Å². The van der Waals surface area contributed by atoms with Crippen LogP contribution in [0.2, 0.25) is 0 Å². The van der Waals surface area contributed by atoms with Crippen LogP contribution in [0.15, 0.2) is 0 Å². The summed E-state index contributed by atoms with van der Waals surface area (Å²) in [5.74, 6) is -0.522. The number of ether oxygens (including phenoxy) is 3. The molecule has 0 bridgehead atoms. The molecule has 2 aliphatic rings. The number of aliphatic hydroxyl groups is 1. The average Bonchev–Trinajstić information content (AvgIpc) is 2.71. The van der Waals surface area contributed by atoms with Gasteiger partial charge in [0.05, 0.1) is 26.4 Å². The van der Waals surface area contributed by atoms with Gasteiger partial charge in [0.1, 0.15) is 6.10 Å². The Morgan fingerprint density at radius 2 is 2.12 bits per heavy atom. The molecule has 2 atom stereocenters. The van der Waals surface area contributed by atoms with Crippen LogP contribution in [0, 0.1) is 0 Å². The predicted octanol–water partition coefficient (Wildman–Crippen LogP) is -0.167. The molecule has 5 heteroatoms. The van der Waals surface area contributed by atoms with E-state index < -0.39 is 5.79 Å². The van der Waals surface area contributed by atoms with Crippen molar-refractivity contribution in [1.29, 1.82) is 0 Å². The van der Waals surface area contributed by atoms with E-state index in [9.17, 15) is 0 Å². The van der Waals surface area contributed by atoms with E-state index in [0.29, 0.717) is 6.61 Å². The standard InChI is InChI=1S/C11H21NO4/c1-11(15-9-10(8-13)16-11)2-3-12-4-6-14-7-5-12/h10,13H,2-9H2,1H3. The lowest BCUT2D eigenvalue weighted by atomic mass is 10.2. The Labute approximate surface area is 96.3 Å². The summed E-state index contributed by atoms with van der Waals surface area (Å²) in [6.45, 7) is 7.04. The summed E-state index contributed by atoms with van der Waals surface area (Å²) >= 11 is 0. The van der Waals surface area contributed by atoms with Crippen LogP contribution in [0.1, 0.15) is 13.3 Å². The Kier molecular flexibility index (Phi) is 4.16. The van der Waals surface area contributed by atoms with Crippen molar-refractivity contribution in [3.8, 4) is 0 Å². The second-order valence-corrected chi connectivity index (χ2v) is 4.57. The van der Waals surface area contributed by atoms with Crippen LogP contribution in [0.4, 0.5) is 0 Å². The van der Waals surface area contributed by atoms with Crippen LogP contribution in [0.5, 0.6) is 0 Å². The van der Waals surface area contributed by atoms with Crippen LogP contribution in [0.25, 0.3) is 0 Å². The van der Waals surface area contributed by atoms with Crippen molar-refractivity contribution in [2.75, 3.05) is 46.1 Å². The summed E-state index contributed by atoms with van der Waals surface area (Å²) in [6.07, 6.45) is 0.679. The molecular weight excluding hydrogens is 210 g/mol. The van der Waals surface area contributed by atoms with Crippen molar-refractivity contribution in [3.05, 3.63) is 0 Å². The third-order valence-corrected chi connectivity index (χ3v) is 3.18. The molecule has 2 fully saturated rings. The molecule has 1 N–H and O–H groups in total. The van der Waals surface area contributed by atoms with Crippen LogP contribution < -0.4 is 0 Å². The Hall–Kier alpha value is -0.200. The van der Waals surface area contributed by atoms with Gasteiger partial charge in [-0.3, -0.25) is 4.90 Å². The Bertz CT molecular complexity index is 220. The molecule has 2 unspecified atom stereocenters. The third-order valence-electron chi connectivity index (χ3n) is 3.18. The van der Waals surface area contributed by atoms with Crippen molar-refractivity contribution in [3.63, 3.8) is 0 Å². The van der Waals surface area contributed by atoms with Gasteiger partial charge in [0.2, 0.25) is 0 Å². The zero-order valence-corrected chi connectivity index (χ0v) is 9.85. The fourth-order valence-electron chi connectivity index (χ4n) is 2.10. The summed E-state index contributed by atoms with van der Waals surface area (Å²) in [4.78, 5) is 2.35. The molecule has 16 heavy (non-hydrogen) atoms. The van der Waals surface area contributed by atoms with Crippen LogP contribution in [0.3, 0.4) is 0 Å². The minimum absolute atomic E-state index is 0.0349. The normalized spacial score (nSPS) is 36.8. The molecule has 0 aromatic heterocycles. The molecule has 0 aliphatic carbocycles. The lowest BCUT2D eigenvalue weighted by Gasteiger charge is -2.30. The maximum absolute atomic E-state index is 8.98. The SMILES string of the molecule is CC1(CCN2CCOCC2)OCC(CO)O1. The number of hydrogen-bond donors (Lipinski definition) is 1. The number of hydrogen-bond acceptors (Lipinski definition) is 5. The summed E-state index contributed by atoms with van der Waals surface area (Å²) in [5.41, 5.74) is 0. The molecule has 5 nitrogen and oxygen atoms in total. The maximum atomic E-state index is 8.98. The monoisotopic (exact) mass is 231 g/mol. The van der Waals surface area contributed by atoms with E-state index in [1.807, 2.05) is 6.92 Å². The van der Waals surface area contributed by atoms with Gasteiger partial charge in [-0.1, -0.05) is 0 Å². The summed E-state index contributed by atoms with van der Waals surface area (Å²) in [6, 6.07) is 0. The van der Waals surface area contributed by atoms with Gasteiger partial charge >= 0.3 is 0 Å². The van der Waals surface area contributed by atoms with Gasteiger partial charge in [0.25, 0.3) is 0 Å². The first-order valence-corrected chi connectivity index (χ1v) is 5.94. The second-order valence-electron chi connectivity index (χ2n) is 4.57. The minimum Gasteiger partial charge on any atom is -0.394 e. The highest BCUT2D eigenvalue weighted by Crippen LogP contribution is 2.26. The van der Waals surface area contributed by atoms with E-state index in [2.05, 4.69) is 4.90 Å². The highest BCUT2D eigenvalue weighted by atomic mass is 16.7. The third kappa shape index (κ3) is 3.15. The molecule has 0 aromatic rings. The summed E-state index contributed by atoms with van der Waals surface area (Å²) in [5, 5.41) is 8.98. The summed E-state index contributed by atoms with van der Waals surface area (Å²) in [7, 11) is 0. The Morgan fingerprint density at radius 1 is 1.38 bits per heavy atom. The molecule has 0 amide bonds. The van der Waals surface area contributed by atoms with E-state index in [-0.39, 0.29) is 12.7 Å². The van der Waals surface area contributed by atoms with Gasteiger partial charge < -0.3 is 19.3 Å². The maximum Gasteiger partial charge on any atom is 0.167 e. The van der Waals surface area contributed by atoms with Crippen molar-refractivity contribution in [2.45, 2.75) is 25.2 Å². The van der Waals surface area contributed by atoms with Crippen molar-refractivity contribution < 1.29 is 19.3 Å². The van der Waals surface area contributed by atoms with Gasteiger partial charge in [0, 0.05) is 26.1 Å². The quantitative estimate of drug-likeness (QED) is 0.728. The van der Waals surface area contributed by atoms with Crippen LogP contribution in [-0.2, 0) is 14.2 Å². The first-order valence-electron chi connectivity index (χ1n) is 5.94. The van der Waals surface area contributed by atoms with E-state index in [4.69, 9.17) is 19.3 Å². The zero-order valence-electron chi connectivity index (χ0n) is 9.85. The summed E-state index contributed by atoms with van der Waals surface area (Å²) < 4.78 is 16.5.